The molecule has 29 heavy (non-hydrogen) atoms. The Labute approximate surface area is 171 Å². The van der Waals surface area contributed by atoms with Gasteiger partial charge in [-0.3, -0.25) is 0 Å². The maximum atomic E-state index is 9.50. The summed E-state index contributed by atoms with van der Waals surface area (Å²) in [5.74, 6) is 2.70. The van der Waals surface area contributed by atoms with Crippen molar-refractivity contribution in [3.8, 4) is 0 Å². The molecule has 154 valence electrons. The molecule has 4 rings (SSSR count). The summed E-state index contributed by atoms with van der Waals surface area (Å²) in [5.41, 5.74) is 4.35. The van der Waals surface area contributed by atoms with Crippen molar-refractivity contribution in [1.82, 2.24) is 15.3 Å². The molecule has 0 unspecified atom stereocenters. The first kappa shape index (κ1) is 19.8. The second kappa shape index (κ2) is 8.47. The molecule has 1 aromatic heterocycles. The van der Waals surface area contributed by atoms with Crippen LogP contribution < -0.4 is 16.0 Å². The van der Waals surface area contributed by atoms with Gasteiger partial charge in [0.1, 0.15) is 17.5 Å². The first-order valence-electron chi connectivity index (χ1n) is 10.4. The lowest BCUT2D eigenvalue weighted by Gasteiger charge is -2.32. The number of anilines is 3. The van der Waals surface area contributed by atoms with Gasteiger partial charge in [0.05, 0.1) is 6.10 Å². The number of benzene rings is 1. The van der Waals surface area contributed by atoms with Crippen LogP contribution in [0.15, 0.2) is 18.2 Å². The van der Waals surface area contributed by atoms with Crippen LogP contribution in [-0.4, -0.2) is 46.5 Å². The number of nitrogens with one attached hydrogen (secondary N) is 4. The number of piperidine rings is 1. The van der Waals surface area contributed by atoms with Gasteiger partial charge in [-0.1, -0.05) is 0 Å². The highest BCUT2D eigenvalue weighted by Gasteiger charge is 2.27. The van der Waals surface area contributed by atoms with Gasteiger partial charge in [-0.2, -0.15) is 0 Å². The highest BCUT2D eigenvalue weighted by Crippen LogP contribution is 2.33. The molecular weight excluding hydrogens is 364 g/mol. The molecular formula is C22H30N6O. The zero-order valence-electron chi connectivity index (χ0n) is 17.1. The largest absolute Gasteiger partial charge is 0.393 e. The summed E-state index contributed by atoms with van der Waals surface area (Å²) in [5, 5.41) is 27.6. The Balaban J connectivity index is 1.59. The summed E-state index contributed by atoms with van der Waals surface area (Å²) >= 11 is 0. The number of hydrogen-bond donors (Lipinski definition) is 5. The van der Waals surface area contributed by atoms with Crippen LogP contribution in [0.5, 0.6) is 0 Å². The van der Waals surface area contributed by atoms with Gasteiger partial charge in [-0.05, 0) is 81.8 Å². The summed E-state index contributed by atoms with van der Waals surface area (Å²) in [6.45, 7) is 6.11. The van der Waals surface area contributed by atoms with Crippen LogP contribution in [-0.2, 0) is 0 Å². The zero-order chi connectivity index (χ0) is 20.4. The fraction of sp³-hybridized carbons (Fsp3) is 0.500. The third kappa shape index (κ3) is 4.57. The summed E-state index contributed by atoms with van der Waals surface area (Å²) in [4.78, 5) is 9.01. The normalized spacial score (nSPS) is 22.0. The lowest BCUT2D eigenvalue weighted by atomic mass is 9.86. The van der Waals surface area contributed by atoms with Crippen LogP contribution in [0.2, 0.25) is 0 Å². The van der Waals surface area contributed by atoms with Gasteiger partial charge in [0.15, 0.2) is 0 Å². The smallest absolute Gasteiger partial charge is 0.136 e. The van der Waals surface area contributed by atoms with Crippen molar-refractivity contribution in [3.05, 3.63) is 40.7 Å². The monoisotopic (exact) mass is 394 g/mol. The third-order valence-corrected chi connectivity index (χ3v) is 5.94. The quantitative estimate of drug-likeness (QED) is 0.482. The number of aromatic nitrogens is 2. The molecule has 7 heteroatoms. The molecule has 0 amide bonds. The van der Waals surface area contributed by atoms with Crippen molar-refractivity contribution in [2.24, 2.45) is 0 Å². The lowest BCUT2D eigenvalue weighted by molar-refractivity contribution is 0.0835. The van der Waals surface area contributed by atoms with Gasteiger partial charge in [-0.25, -0.2) is 9.97 Å². The van der Waals surface area contributed by atoms with E-state index >= 15 is 0 Å². The Kier molecular flexibility index (Phi) is 5.78. The van der Waals surface area contributed by atoms with E-state index in [1.54, 1.807) is 0 Å². The van der Waals surface area contributed by atoms with Gasteiger partial charge in [0, 0.05) is 29.6 Å². The molecule has 0 bridgehead atoms. The maximum Gasteiger partial charge on any atom is 0.136 e. The molecule has 0 atom stereocenters. The number of nitrogens with zero attached hydrogens (tertiary/aromatic N) is 2. The van der Waals surface area contributed by atoms with Crippen LogP contribution in [0.25, 0.3) is 0 Å². The third-order valence-electron chi connectivity index (χ3n) is 5.94. The molecule has 1 saturated carbocycles. The fourth-order valence-electron chi connectivity index (χ4n) is 4.31. The molecule has 0 spiro atoms. The number of aliphatic hydroxyl groups excluding tert-OH is 1. The molecule has 7 nitrogen and oxygen atoms in total. The molecule has 2 fully saturated rings. The van der Waals surface area contributed by atoms with Crippen molar-refractivity contribution < 1.29 is 5.11 Å². The predicted octanol–water partition coefficient (Wildman–Crippen LogP) is 3.24. The molecule has 2 aromatic rings. The predicted molar refractivity (Wildman–Crippen MR) is 117 cm³/mol. The fourth-order valence-corrected chi connectivity index (χ4v) is 4.31. The van der Waals surface area contributed by atoms with E-state index in [1.807, 2.05) is 13.0 Å². The molecule has 2 aliphatic rings. The van der Waals surface area contributed by atoms with Crippen LogP contribution in [0.1, 0.15) is 54.1 Å². The van der Waals surface area contributed by atoms with Crippen LogP contribution in [0.4, 0.5) is 17.3 Å². The zero-order valence-corrected chi connectivity index (χ0v) is 17.1. The van der Waals surface area contributed by atoms with Crippen molar-refractivity contribution in [2.75, 3.05) is 23.7 Å². The summed E-state index contributed by atoms with van der Waals surface area (Å²) in [7, 11) is 0. The minimum atomic E-state index is -0.204. The van der Waals surface area contributed by atoms with Crippen LogP contribution in [0.3, 0.4) is 0 Å². The van der Waals surface area contributed by atoms with E-state index < -0.39 is 0 Å². The van der Waals surface area contributed by atoms with Gasteiger partial charge < -0.3 is 26.5 Å². The molecule has 1 aromatic carbocycles. The van der Waals surface area contributed by atoms with Gasteiger partial charge >= 0.3 is 0 Å². The molecule has 2 heterocycles. The van der Waals surface area contributed by atoms with Crippen molar-refractivity contribution in [1.29, 1.82) is 5.41 Å². The van der Waals surface area contributed by atoms with Crippen molar-refractivity contribution >= 4 is 23.5 Å². The summed E-state index contributed by atoms with van der Waals surface area (Å²) in [6.07, 6.45) is 4.97. The van der Waals surface area contributed by atoms with E-state index in [1.165, 1.54) is 17.3 Å². The Morgan fingerprint density at radius 2 is 1.83 bits per heavy atom. The summed E-state index contributed by atoms with van der Waals surface area (Å²) < 4.78 is 0. The van der Waals surface area contributed by atoms with Gasteiger partial charge in [-0.15, -0.1) is 0 Å². The number of aryl methyl sites for hydroxylation is 2. The maximum absolute atomic E-state index is 9.50. The van der Waals surface area contributed by atoms with Gasteiger partial charge in [0.25, 0.3) is 0 Å². The molecule has 1 saturated heterocycles. The molecule has 5 N–H and O–H groups in total. The topological polar surface area (TPSA) is 106 Å². The highest BCUT2D eigenvalue weighted by atomic mass is 16.3. The Hall–Kier alpha value is -2.51. The van der Waals surface area contributed by atoms with E-state index in [0.29, 0.717) is 17.6 Å². The first-order chi connectivity index (χ1) is 14.0. The van der Waals surface area contributed by atoms with Crippen LogP contribution in [0, 0.1) is 19.3 Å². The second-order valence-corrected chi connectivity index (χ2v) is 8.24. The Morgan fingerprint density at radius 1 is 1.10 bits per heavy atom. The van der Waals surface area contributed by atoms with E-state index in [2.05, 4.69) is 45.0 Å². The van der Waals surface area contributed by atoms with E-state index in [4.69, 9.17) is 5.41 Å². The number of rotatable bonds is 6. The van der Waals surface area contributed by atoms with Crippen molar-refractivity contribution in [3.63, 3.8) is 0 Å². The van der Waals surface area contributed by atoms with E-state index in [0.717, 1.165) is 55.8 Å². The average Bonchev–Trinajstić information content (AvgIpc) is 2.68. The standard InChI is InChI=1S/C22H30N6O/c1-13-7-16(12-23)20(10-19(13)15-3-5-24-6-4-15)28-22-11-21(25-14(2)26-22)27-17-8-18(29)9-17/h7,10-12,15,17-18,23-24,29H,3-6,8-9H2,1-2H3,(H2,25,26,27,28). The SMILES string of the molecule is Cc1nc(Nc2cc(C3CCNCC3)c(C)cc2C=N)cc(NC2CC(O)C2)n1. The first-order valence-corrected chi connectivity index (χ1v) is 10.4. The Bertz CT molecular complexity index is 887. The average molecular weight is 395 g/mol. The van der Waals surface area contributed by atoms with Crippen molar-refractivity contribution in [2.45, 2.75) is 57.6 Å². The van der Waals surface area contributed by atoms with E-state index in [9.17, 15) is 5.11 Å². The molecule has 1 aliphatic carbocycles. The number of aliphatic hydroxyl groups is 1. The highest BCUT2D eigenvalue weighted by molar-refractivity contribution is 5.88. The summed E-state index contributed by atoms with van der Waals surface area (Å²) in [6, 6.07) is 6.44. The molecule has 1 aliphatic heterocycles. The Morgan fingerprint density at radius 3 is 2.52 bits per heavy atom. The minimum Gasteiger partial charge on any atom is -0.393 e. The van der Waals surface area contributed by atoms with Gasteiger partial charge in [0.2, 0.25) is 0 Å². The minimum absolute atomic E-state index is 0.204. The van der Waals surface area contributed by atoms with E-state index in [-0.39, 0.29) is 12.1 Å². The lowest BCUT2D eigenvalue weighted by Crippen LogP contribution is -2.39. The second-order valence-electron chi connectivity index (χ2n) is 8.24. The van der Waals surface area contributed by atoms with Crippen LogP contribution >= 0.6 is 0 Å². The number of hydrogen-bond acceptors (Lipinski definition) is 7. The molecule has 0 radical (unpaired) electrons.